The number of methoxy groups -OCH3 is 1. The molecule has 0 atom stereocenters. The molecule has 0 aliphatic heterocycles. The first-order valence-electron chi connectivity index (χ1n) is 6.55. The van der Waals surface area contributed by atoms with Crippen molar-refractivity contribution in [3.63, 3.8) is 0 Å². The smallest absolute Gasteiger partial charge is 0.265 e. The van der Waals surface area contributed by atoms with Gasteiger partial charge in [-0.3, -0.25) is 4.79 Å². The molecule has 0 aliphatic rings. The van der Waals surface area contributed by atoms with Gasteiger partial charge in [0.05, 0.1) is 12.8 Å². The Labute approximate surface area is 140 Å². The molecule has 6 heteroatoms. The Morgan fingerprint density at radius 2 is 2.05 bits per heavy atom. The third-order valence-corrected chi connectivity index (χ3v) is 4.47. The molecule has 4 nitrogen and oxygen atoms in total. The summed E-state index contributed by atoms with van der Waals surface area (Å²) >= 11 is 6.80. The summed E-state index contributed by atoms with van der Waals surface area (Å²) in [6.45, 7) is 4.19. The molecule has 112 valence electrons. The maximum Gasteiger partial charge on any atom is 0.265 e. The van der Waals surface area contributed by atoms with Gasteiger partial charge in [-0.1, -0.05) is 29.8 Å². The highest BCUT2D eigenvalue weighted by Gasteiger charge is 2.14. The van der Waals surface area contributed by atoms with Crippen LogP contribution < -0.4 is 10.3 Å². The van der Waals surface area contributed by atoms with Crippen molar-refractivity contribution in [1.82, 2.24) is 9.97 Å². The van der Waals surface area contributed by atoms with E-state index >= 15 is 0 Å². The lowest BCUT2D eigenvalue weighted by molar-refractivity contribution is 0.415. The standard InChI is InChI=1S/C15H16Br2N2O2/c1-8(2)6-12-13(17)15(20)19-14(18-12)10-7-9(21-3)4-5-11(10)16/h4-5,7-8H,6H2,1-3H3,(H,18,19,20). The fourth-order valence-corrected chi connectivity index (χ4v) is 2.75. The van der Waals surface area contributed by atoms with Gasteiger partial charge < -0.3 is 9.72 Å². The van der Waals surface area contributed by atoms with Crippen molar-refractivity contribution in [2.24, 2.45) is 5.92 Å². The van der Waals surface area contributed by atoms with E-state index in [9.17, 15) is 4.79 Å². The summed E-state index contributed by atoms with van der Waals surface area (Å²) in [5.74, 6) is 1.66. The van der Waals surface area contributed by atoms with Crippen molar-refractivity contribution in [3.8, 4) is 17.1 Å². The van der Waals surface area contributed by atoms with Crippen molar-refractivity contribution < 1.29 is 4.74 Å². The first kappa shape index (κ1) is 16.2. The molecule has 0 unspecified atom stereocenters. The minimum Gasteiger partial charge on any atom is -0.497 e. The summed E-state index contributed by atoms with van der Waals surface area (Å²) in [4.78, 5) is 19.5. The van der Waals surface area contributed by atoms with Crippen molar-refractivity contribution in [2.75, 3.05) is 7.11 Å². The van der Waals surface area contributed by atoms with E-state index < -0.39 is 0 Å². The van der Waals surface area contributed by atoms with Crippen LogP contribution in [-0.4, -0.2) is 17.1 Å². The number of hydrogen-bond donors (Lipinski definition) is 1. The Morgan fingerprint density at radius 3 is 2.67 bits per heavy atom. The first-order chi connectivity index (χ1) is 9.92. The van der Waals surface area contributed by atoms with Crippen LogP contribution in [0.2, 0.25) is 0 Å². The van der Waals surface area contributed by atoms with Crippen LogP contribution in [0.25, 0.3) is 11.4 Å². The number of hydrogen-bond acceptors (Lipinski definition) is 3. The first-order valence-corrected chi connectivity index (χ1v) is 8.13. The van der Waals surface area contributed by atoms with Crippen LogP contribution in [-0.2, 0) is 6.42 Å². The second-order valence-corrected chi connectivity index (χ2v) is 6.77. The molecule has 0 radical (unpaired) electrons. The van der Waals surface area contributed by atoms with Gasteiger partial charge in [0.2, 0.25) is 0 Å². The molecular formula is C15H16Br2N2O2. The maximum absolute atomic E-state index is 12.1. The highest BCUT2D eigenvalue weighted by atomic mass is 79.9. The van der Waals surface area contributed by atoms with Crippen molar-refractivity contribution in [3.05, 3.63) is 43.2 Å². The van der Waals surface area contributed by atoms with Crippen molar-refractivity contribution in [2.45, 2.75) is 20.3 Å². The lowest BCUT2D eigenvalue weighted by Gasteiger charge is -2.11. The lowest BCUT2D eigenvalue weighted by Crippen LogP contribution is -2.15. The number of aromatic amines is 1. The number of rotatable bonds is 4. The molecular weight excluding hydrogens is 400 g/mol. The topological polar surface area (TPSA) is 55.0 Å². The molecule has 21 heavy (non-hydrogen) atoms. The molecule has 2 aromatic rings. The summed E-state index contributed by atoms with van der Waals surface area (Å²) in [5, 5.41) is 0. The van der Waals surface area contributed by atoms with E-state index in [4.69, 9.17) is 4.74 Å². The average molecular weight is 416 g/mol. The molecule has 0 spiro atoms. The van der Waals surface area contributed by atoms with E-state index in [1.54, 1.807) is 7.11 Å². The van der Waals surface area contributed by atoms with Gasteiger partial charge in [0.1, 0.15) is 16.0 Å². The molecule has 0 fully saturated rings. The van der Waals surface area contributed by atoms with Crippen LogP contribution in [0, 0.1) is 5.92 Å². The number of benzene rings is 1. The monoisotopic (exact) mass is 414 g/mol. The minimum atomic E-state index is -0.176. The van der Waals surface area contributed by atoms with Gasteiger partial charge in [-0.15, -0.1) is 0 Å². The van der Waals surface area contributed by atoms with Crippen LogP contribution >= 0.6 is 31.9 Å². The van der Waals surface area contributed by atoms with Crippen LogP contribution in [0.3, 0.4) is 0 Å². The summed E-state index contributed by atoms with van der Waals surface area (Å²) in [7, 11) is 1.61. The molecule has 0 saturated carbocycles. The van der Waals surface area contributed by atoms with Gasteiger partial charge in [-0.2, -0.15) is 0 Å². The number of nitrogens with zero attached hydrogens (tertiary/aromatic N) is 1. The Morgan fingerprint density at radius 1 is 1.33 bits per heavy atom. The molecule has 1 heterocycles. The molecule has 2 rings (SSSR count). The molecule has 0 saturated heterocycles. The van der Waals surface area contributed by atoms with E-state index in [1.807, 2.05) is 18.2 Å². The third-order valence-electron chi connectivity index (χ3n) is 2.96. The summed E-state index contributed by atoms with van der Waals surface area (Å²) in [5.41, 5.74) is 1.38. The average Bonchev–Trinajstić information content (AvgIpc) is 2.43. The van der Waals surface area contributed by atoms with Crippen LogP contribution in [0.15, 0.2) is 31.9 Å². The molecule has 0 aliphatic carbocycles. The SMILES string of the molecule is COc1ccc(Br)c(-c2nc(CC(C)C)c(Br)c(=O)[nH]2)c1. The van der Waals surface area contributed by atoms with Crippen LogP contribution in [0.1, 0.15) is 19.5 Å². The van der Waals surface area contributed by atoms with E-state index in [2.05, 4.69) is 55.7 Å². The fraction of sp³-hybridized carbons (Fsp3) is 0.333. The van der Waals surface area contributed by atoms with Gasteiger partial charge in [0.15, 0.2) is 0 Å². The lowest BCUT2D eigenvalue weighted by atomic mass is 10.1. The van der Waals surface area contributed by atoms with Gasteiger partial charge in [0, 0.05) is 10.0 Å². The highest BCUT2D eigenvalue weighted by Crippen LogP contribution is 2.30. The zero-order chi connectivity index (χ0) is 15.6. The molecule has 1 N–H and O–H groups in total. The van der Waals surface area contributed by atoms with Crippen LogP contribution in [0.4, 0.5) is 0 Å². The van der Waals surface area contributed by atoms with Gasteiger partial charge in [0.25, 0.3) is 5.56 Å². The number of nitrogens with one attached hydrogen (secondary N) is 1. The maximum atomic E-state index is 12.1. The Kier molecular flexibility index (Phi) is 5.22. The number of H-pyrrole nitrogens is 1. The largest absolute Gasteiger partial charge is 0.497 e. The second-order valence-electron chi connectivity index (χ2n) is 5.12. The number of ether oxygens (including phenoxy) is 1. The molecule has 1 aromatic carbocycles. The van der Waals surface area contributed by atoms with E-state index in [0.29, 0.717) is 22.0 Å². The Hall–Kier alpha value is -1.14. The van der Waals surface area contributed by atoms with Gasteiger partial charge >= 0.3 is 0 Å². The zero-order valence-electron chi connectivity index (χ0n) is 12.0. The molecule has 0 amide bonds. The minimum absolute atomic E-state index is 0.176. The predicted octanol–water partition coefficient (Wildman–Crippen LogP) is 4.17. The zero-order valence-corrected chi connectivity index (χ0v) is 15.2. The normalized spacial score (nSPS) is 11.0. The van der Waals surface area contributed by atoms with Gasteiger partial charge in [-0.25, -0.2) is 4.98 Å². The predicted molar refractivity (Wildman–Crippen MR) is 90.8 cm³/mol. The molecule has 0 bridgehead atoms. The summed E-state index contributed by atoms with van der Waals surface area (Å²) in [6, 6.07) is 5.56. The highest BCUT2D eigenvalue weighted by molar-refractivity contribution is 9.10. The van der Waals surface area contributed by atoms with Crippen LogP contribution in [0.5, 0.6) is 5.75 Å². The quantitative estimate of drug-likeness (QED) is 0.815. The Bertz CT molecular complexity index is 711. The summed E-state index contributed by atoms with van der Waals surface area (Å²) in [6.07, 6.45) is 0.735. The number of aromatic nitrogens is 2. The van der Waals surface area contributed by atoms with E-state index in [0.717, 1.165) is 22.2 Å². The summed E-state index contributed by atoms with van der Waals surface area (Å²) < 4.78 is 6.58. The molecule has 1 aromatic heterocycles. The Balaban J connectivity index is 2.59. The fourth-order valence-electron chi connectivity index (χ4n) is 1.97. The van der Waals surface area contributed by atoms with Gasteiger partial charge in [-0.05, 0) is 46.5 Å². The van der Waals surface area contributed by atoms with E-state index in [1.165, 1.54) is 0 Å². The second kappa shape index (κ2) is 6.75. The number of halogens is 2. The van der Waals surface area contributed by atoms with E-state index in [-0.39, 0.29) is 5.56 Å². The third kappa shape index (κ3) is 3.74. The van der Waals surface area contributed by atoms with Crippen molar-refractivity contribution in [1.29, 1.82) is 0 Å². The van der Waals surface area contributed by atoms with Crippen molar-refractivity contribution >= 4 is 31.9 Å².